The van der Waals surface area contributed by atoms with Gasteiger partial charge in [0.2, 0.25) is 23.9 Å². The van der Waals surface area contributed by atoms with Gasteiger partial charge in [-0.2, -0.15) is 10.2 Å². The number of hydrogen-bond acceptors (Lipinski definition) is 8. The van der Waals surface area contributed by atoms with Crippen LogP contribution in [0, 0.1) is 35.8 Å². The minimum Gasteiger partial charge on any atom is -0.365 e. The normalized spacial score (nSPS) is 24.3. The van der Waals surface area contributed by atoms with Crippen molar-refractivity contribution in [3.63, 3.8) is 0 Å². The van der Waals surface area contributed by atoms with Crippen molar-refractivity contribution in [2.24, 2.45) is 34.1 Å². The van der Waals surface area contributed by atoms with Crippen molar-refractivity contribution < 1.29 is 19.2 Å². The molecule has 6 N–H and O–H groups in total. The number of carbonyl (C=O) groups excluding carboxylic acids is 4. The lowest BCUT2D eigenvalue weighted by Crippen LogP contribution is -2.57. The second-order valence-electron chi connectivity index (χ2n) is 19.0. The summed E-state index contributed by atoms with van der Waals surface area (Å²) in [7, 11) is 0. The van der Waals surface area contributed by atoms with Gasteiger partial charge in [-0.05, 0) is 85.0 Å². The van der Waals surface area contributed by atoms with Crippen LogP contribution >= 0.6 is 23.2 Å². The quantitative estimate of drug-likeness (QED) is 0.116. The standard InChI is InChI=1S/2C23H27ClN6O2/c2*1-23(2)12-29(13-23)22(32)14-4-9-19(18(10-14)26-3)30-11-17(20(25)31)21(28-30)27-16-7-5-15(24)6-8-16/h2*5-8,11,14,18-19H,4,9-10,12-13H2,1-2H3,(H2,25,31)(H,27,28)/t14-,18-,19?;14-,18-,19-/m10/s1. The zero-order valence-electron chi connectivity index (χ0n) is 36.4. The molecule has 18 heteroatoms. The van der Waals surface area contributed by atoms with Gasteiger partial charge in [-0.3, -0.25) is 28.5 Å². The van der Waals surface area contributed by atoms with Crippen LogP contribution < -0.4 is 22.1 Å². The van der Waals surface area contributed by atoms with Gasteiger partial charge in [-0.25, -0.2) is 13.1 Å². The molecule has 0 spiro atoms. The molecule has 8 rings (SSSR count). The fraction of sp³-hybridized carbons (Fsp3) is 0.478. The van der Waals surface area contributed by atoms with Crippen LogP contribution in [0.25, 0.3) is 9.69 Å². The van der Waals surface area contributed by atoms with Crippen LogP contribution in [0.3, 0.4) is 0 Å². The Bertz CT molecular complexity index is 2300. The van der Waals surface area contributed by atoms with Crippen LogP contribution in [0.15, 0.2) is 60.9 Å². The van der Waals surface area contributed by atoms with E-state index in [-0.39, 0.29) is 57.7 Å². The third-order valence-corrected chi connectivity index (χ3v) is 13.1. The number of benzene rings is 2. The molecule has 2 aromatic heterocycles. The number of carbonyl (C=O) groups is 4. The highest BCUT2D eigenvalue weighted by Crippen LogP contribution is 2.41. The zero-order valence-corrected chi connectivity index (χ0v) is 37.9. The molecule has 336 valence electrons. The maximum absolute atomic E-state index is 12.9. The predicted molar refractivity (Wildman–Crippen MR) is 245 cm³/mol. The summed E-state index contributed by atoms with van der Waals surface area (Å²) in [5.74, 6) is -0.500. The molecule has 2 aliphatic carbocycles. The smallest absolute Gasteiger partial charge is 0.254 e. The molecule has 6 atom stereocenters. The molecule has 4 fully saturated rings. The first-order chi connectivity index (χ1) is 30.3. The molecule has 4 aromatic rings. The fourth-order valence-corrected chi connectivity index (χ4v) is 9.67. The third-order valence-electron chi connectivity index (χ3n) is 12.6. The molecular formula is C46H54Cl2N12O4. The Hall–Kier alpha value is -6.10. The zero-order chi connectivity index (χ0) is 46.1. The number of nitrogens with two attached hydrogens (primary N) is 2. The van der Waals surface area contributed by atoms with E-state index in [1.54, 1.807) is 70.3 Å². The van der Waals surface area contributed by atoms with Crippen molar-refractivity contribution in [3.8, 4) is 0 Å². The monoisotopic (exact) mass is 908 g/mol. The Morgan fingerprint density at radius 2 is 0.969 bits per heavy atom. The Morgan fingerprint density at radius 1 is 0.625 bits per heavy atom. The number of anilines is 4. The molecule has 4 heterocycles. The van der Waals surface area contributed by atoms with E-state index in [1.807, 2.05) is 9.80 Å². The molecule has 2 saturated carbocycles. The fourth-order valence-electron chi connectivity index (χ4n) is 9.42. The number of likely N-dealkylation sites (tertiary alicyclic amines) is 2. The Morgan fingerprint density at radius 3 is 1.27 bits per heavy atom. The number of nitrogens with zero attached hydrogens (tertiary/aromatic N) is 8. The number of rotatable bonds is 10. The van der Waals surface area contributed by atoms with Crippen molar-refractivity contribution in [2.75, 3.05) is 36.8 Å². The van der Waals surface area contributed by atoms with E-state index in [4.69, 9.17) is 47.8 Å². The van der Waals surface area contributed by atoms with Gasteiger partial charge in [0.1, 0.15) is 23.2 Å². The summed E-state index contributed by atoms with van der Waals surface area (Å²) in [6.45, 7) is 27.1. The van der Waals surface area contributed by atoms with E-state index in [9.17, 15) is 19.2 Å². The van der Waals surface area contributed by atoms with Crippen molar-refractivity contribution in [1.82, 2.24) is 29.4 Å². The summed E-state index contributed by atoms with van der Waals surface area (Å²) in [6.07, 6.45) is 6.86. The lowest BCUT2D eigenvalue weighted by atomic mass is 9.78. The summed E-state index contributed by atoms with van der Waals surface area (Å²) >= 11 is 11.9. The van der Waals surface area contributed by atoms with Crippen molar-refractivity contribution in [3.05, 3.63) is 105 Å². The van der Waals surface area contributed by atoms with Gasteiger partial charge in [-0.15, -0.1) is 0 Å². The number of halogens is 2. The number of primary amides is 2. The van der Waals surface area contributed by atoms with Gasteiger partial charge in [0.25, 0.3) is 11.8 Å². The number of hydrogen-bond donors (Lipinski definition) is 4. The van der Waals surface area contributed by atoms with Crippen LogP contribution in [0.2, 0.25) is 10.0 Å². The van der Waals surface area contributed by atoms with Crippen molar-refractivity contribution in [1.29, 1.82) is 0 Å². The molecule has 2 saturated heterocycles. The molecule has 2 aliphatic heterocycles. The van der Waals surface area contributed by atoms with Crippen LogP contribution in [0.4, 0.5) is 23.0 Å². The average Bonchev–Trinajstić information content (AvgIpc) is 3.87. The Balaban J connectivity index is 0.000000191. The number of nitrogens with one attached hydrogen (secondary N) is 2. The lowest BCUT2D eigenvalue weighted by molar-refractivity contribution is -0.148. The molecule has 16 nitrogen and oxygen atoms in total. The first kappa shape index (κ1) is 45.9. The van der Waals surface area contributed by atoms with E-state index >= 15 is 0 Å². The maximum atomic E-state index is 12.9. The third kappa shape index (κ3) is 10.3. The Labute approximate surface area is 383 Å². The van der Waals surface area contributed by atoms with Gasteiger partial charge in [0.05, 0.1) is 0 Å². The van der Waals surface area contributed by atoms with Gasteiger partial charge >= 0.3 is 0 Å². The molecule has 1 unspecified atom stereocenters. The predicted octanol–water partition coefficient (Wildman–Crippen LogP) is 7.75. The van der Waals surface area contributed by atoms with Crippen LogP contribution in [-0.2, 0) is 9.59 Å². The minimum atomic E-state index is -0.601. The second-order valence-corrected chi connectivity index (χ2v) is 19.9. The van der Waals surface area contributed by atoms with E-state index in [0.29, 0.717) is 60.2 Å². The molecular weight excluding hydrogens is 855 g/mol. The molecule has 0 radical (unpaired) electrons. The van der Waals surface area contributed by atoms with Crippen molar-refractivity contribution >= 4 is 69.8 Å². The topological polar surface area (TPSA) is 195 Å². The lowest BCUT2D eigenvalue weighted by Gasteiger charge is -2.47. The molecule has 4 aliphatic rings. The summed E-state index contributed by atoms with van der Waals surface area (Å²) in [6, 6.07) is 12.8. The van der Waals surface area contributed by atoms with E-state index in [2.05, 4.69) is 58.2 Å². The minimum absolute atomic E-state index is 0.140. The average molecular weight is 910 g/mol. The molecule has 2 aromatic carbocycles. The summed E-state index contributed by atoms with van der Waals surface area (Å²) < 4.78 is 3.32. The largest absolute Gasteiger partial charge is 0.365 e. The van der Waals surface area contributed by atoms with Gasteiger partial charge in [0.15, 0.2) is 11.6 Å². The van der Waals surface area contributed by atoms with Crippen molar-refractivity contribution in [2.45, 2.75) is 90.4 Å². The van der Waals surface area contributed by atoms with Gasteiger partial charge in [0, 0.05) is 84.7 Å². The van der Waals surface area contributed by atoms with Crippen LogP contribution in [-0.4, -0.2) is 91.3 Å². The van der Waals surface area contributed by atoms with Crippen LogP contribution in [0.1, 0.15) is 99.0 Å². The number of amides is 4. The Kier molecular flexibility index (Phi) is 13.3. The first-order valence-corrected chi connectivity index (χ1v) is 22.2. The number of aromatic nitrogens is 4. The van der Waals surface area contributed by atoms with Gasteiger partial charge < -0.3 is 41.6 Å². The van der Waals surface area contributed by atoms with Gasteiger partial charge in [-0.1, -0.05) is 50.9 Å². The summed E-state index contributed by atoms with van der Waals surface area (Å²) in [4.78, 5) is 61.2. The summed E-state index contributed by atoms with van der Waals surface area (Å²) in [5.41, 5.74) is 13.5. The highest BCUT2D eigenvalue weighted by atomic mass is 35.5. The summed E-state index contributed by atoms with van der Waals surface area (Å²) in [5, 5.41) is 16.5. The maximum Gasteiger partial charge on any atom is 0.254 e. The highest BCUT2D eigenvalue weighted by Gasteiger charge is 2.46. The molecule has 0 bridgehead atoms. The highest BCUT2D eigenvalue weighted by molar-refractivity contribution is 6.31. The van der Waals surface area contributed by atoms with E-state index in [0.717, 1.165) is 37.6 Å². The molecule has 4 amide bonds. The SMILES string of the molecule is [C-]#[N+][C@@H]1C[C@H](C(=O)N2CC(C)(C)C2)CCC1n1cc(C(N)=O)c(Nc2ccc(Cl)cc2)n1.[C-]#[N+][C@H]1C[C@@H](C(=O)N2CC(C)(C)C2)CC[C@@H]1n1cc(C(N)=O)c(Nc2ccc(Cl)cc2)n1. The van der Waals surface area contributed by atoms with Crippen LogP contribution in [0.5, 0.6) is 0 Å². The van der Waals surface area contributed by atoms with E-state index in [1.165, 1.54) is 0 Å². The second kappa shape index (κ2) is 18.6. The molecule has 64 heavy (non-hydrogen) atoms. The first-order valence-electron chi connectivity index (χ1n) is 21.5. The van der Waals surface area contributed by atoms with E-state index < -0.39 is 23.9 Å².